The van der Waals surface area contributed by atoms with Crippen molar-refractivity contribution in [3.63, 3.8) is 0 Å². The minimum atomic E-state index is -1.04. The van der Waals surface area contributed by atoms with Crippen LogP contribution in [-0.4, -0.2) is 113 Å². The number of aromatic carboxylic acids is 1. The number of pyridine rings is 3. The van der Waals surface area contributed by atoms with E-state index in [1.807, 2.05) is 41.5 Å². The molecule has 0 unspecified atom stereocenters. The summed E-state index contributed by atoms with van der Waals surface area (Å²) in [5.74, 6) is -0.771. The van der Waals surface area contributed by atoms with Gasteiger partial charge in [-0.15, -0.1) is 15.3 Å². The van der Waals surface area contributed by atoms with E-state index in [-0.39, 0.29) is 76.1 Å². The van der Waals surface area contributed by atoms with Gasteiger partial charge in [0.15, 0.2) is 0 Å². The van der Waals surface area contributed by atoms with Gasteiger partial charge in [-0.2, -0.15) is 0 Å². The maximum atomic E-state index is 13.6. The van der Waals surface area contributed by atoms with Crippen molar-refractivity contribution >= 4 is 20.4 Å². The van der Waals surface area contributed by atoms with Gasteiger partial charge in [0.2, 0.25) is 17.5 Å². The van der Waals surface area contributed by atoms with Gasteiger partial charge in [0.1, 0.15) is 34.5 Å². The molecule has 0 fully saturated rings. The van der Waals surface area contributed by atoms with Gasteiger partial charge in [0.05, 0.1) is 36.2 Å². The zero-order valence-electron chi connectivity index (χ0n) is 48.3. The van der Waals surface area contributed by atoms with Gasteiger partial charge in [-0.1, -0.05) is 77.9 Å². The molecule has 20 nitrogen and oxygen atoms in total. The van der Waals surface area contributed by atoms with Crippen LogP contribution in [0.5, 0.6) is 0 Å². The molecule has 0 amide bonds. The number of ether oxygens (including phenoxy) is 1. The number of nitrogens with zero attached hydrogens (tertiary/aromatic N) is 15. The molecule has 25 heteroatoms. The molecule has 2 N–H and O–H groups in total. The summed E-state index contributed by atoms with van der Waals surface area (Å²) in [5.41, 5.74) is 12.5. The smallest absolute Gasteiger partial charge is 1.00 e. The first-order valence-corrected chi connectivity index (χ1v) is 26.8. The van der Waals surface area contributed by atoms with Gasteiger partial charge in [-0.3, -0.25) is 0 Å². The molecule has 421 valence electrons. The van der Waals surface area contributed by atoms with Crippen LogP contribution in [-0.2, 0) is 50.2 Å². The molecule has 9 aromatic rings. The number of aliphatic hydroxyl groups excluding tert-OH is 1. The normalized spacial score (nSPS) is 12.9. The van der Waals surface area contributed by atoms with Crippen molar-refractivity contribution in [3.05, 3.63) is 141 Å². The molecular weight excluding hydrogens is 1060 g/mol. The number of hydrogen-bond acceptors (Lipinski definition) is 16. The maximum Gasteiger partial charge on any atom is 1.00 e. The monoisotopic (exact) mass is 1120 g/mol. The standard InChI is InChI=1S/C20H20FN5O2.C19H18FN5O2.C19H20FN5O.B.Li.H/c1-11(2)17-16(20(27)28-3)15(12-6-8-13(21)9-7-12)14-5-4-10-26-19(18(14)22-17)23-24-25-26;1-10(2)16-15(19(26)27)14(11-5-7-12(20)8-6-11)13-4-3-9-25-18(17(13)21-16)22-23-24-25;1-11(2)17-15(10-26)16(12-5-7-13(20)8-6-12)14-4-3-9-25-19(18(14)21-17)22-23-24-25;;;/h6-9,11H,4-5,10H2,1-3H3;5-8,10H,3-4,9H2,1-2H3,(H,26,27);5-8,11,26H,3-4,9-10H2,1-2H3;;;/q;;;;+1;-1. The largest absolute Gasteiger partial charge is 1.00 e. The fourth-order valence-electron chi connectivity index (χ4n) is 10.9. The topological polar surface area (TPSA) is 253 Å². The van der Waals surface area contributed by atoms with Crippen LogP contribution in [0.3, 0.4) is 0 Å². The molecule has 83 heavy (non-hydrogen) atoms. The van der Waals surface area contributed by atoms with Gasteiger partial charge < -0.3 is 16.4 Å². The fraction of sp³-hybridized carbons (Fsp3) is 0.345. The van der Waals surface area contributed by atoms with E-state index >= 15 is 0 Å². The minimum Gasteiger partial charge on any atom is -1.00 e. The molecule has 3 aliphatic rings. The first-order valence-electron chi connectivity index (χ1n) is 26.8. The Morgan fingerprint density at radius 2 is 0.867 bits per heavy atom. The van der Waals surface area contributed by atoms with Crippen molar-refractivity contribution in [2.45, 2.75) is 124 Å². The van der Waals surface area contributed by atoms with Crippen LogP contribution in [0.15, 0.2) is 72.8 Å². The van der Waals surface area contributed by atoms with Crippen molar-refractivity contribution < 1.29 is 58.0 Å². The summed E-state index contributed by atoms with van der Waals surface area (Å²) in [4.78, 5) is 39.4. The summed E-state index contributed by atoms with van der Waals surface area (Å²) < 4.78 is 50.8. The minimum absolute atomic E-state index is 0. The summed E-state index contributed by atoms with van der Waals surface area (Å²) in [6.45, 7) is 13.7. The van der Waals surface area contributed by atoms with Crippen molar-refractivity contribution in [2.75, 3.05) is 7.11 Å². The number of aliphatic hydroxyl groups is 1. The summed E-state index contributed by atoms with van der Waals surface area (Å²) >= 11 is 0. The Morgan fingerprint density at radius 1 is 0.542 bits per heavy atom. The van der Waals surface area contributed by atoms with Crippen LogP contribution >= 0.6 is 0 Å². The number of fused-ring (bicyclic) bond motifs is 9. The first-order chi connectivity index (χ1) is 39.1. The molecule has 9 heterocycles. The second kappa shape index (κ2) is 25.9. The molecule has 3 radical (unpaired) electrons. The van der Waals surface area contributed by atoms with E-state index in [0.29, 0.717) is 89.4 Å². The molecule has 0 bridgehead atoms. The SMILES string of the molecule is CC(C)c1nc2c(c(-c3ccc(F)cc3)c1C(=O)O)CCCn1nnnc1-2.CC(C)c1nc2c(c(-c3ccc(F)cc3)c1CO)CCCn1nnnc1-2.COC(=O)c1c(C(C)C)nc2c(c1-c1ccc(F)cc1)CCCn1nnnc1-2.[B].[H-].[Li+]. The molecule has 0 aliphatic carbocycles. The van der Waals surface area contributed by atoms with Crippen LogP contribution in [0.1, 0.15) is 140 Å². The van der Waals surface area contributed by atoms with Gasteiger partial charge >= 0.3 is 30.8 Å². The number of hydrogen-bond donors (Lipinski definition) is 2. The predicted molar refractivity (Wildman–Crippen MR) is 298 cm³/mol. The van der Waals surface area contributed by atoms with E-state index in [1.54, 1.807) is 50.4 Å². The number of aromatic nitrogens is 15. The molecule has 0 atom stereocenters. The third-order valence-corrected chi connectivity index (χ3v) is 14.5. The van der Waals surface area contributed by atoms with E-state index in [1.165, 1.54) is 43.5 Å². The average Bonchev–Trinajstić information content (AvgIpc) is 1.64. The third kappa shape index (κ3) is 12.0. The van der Waals surface area contributed by atoms with E-state index in [9.17, 15) is 33.0 Å². The number of tetrazole rings is 3. The number of benzene rings is 3. The Morgan fingerprint density at radius 3 is 1.20 bits per heavy atom. The number of rotatable bonds is 9. The Labute approximate surface area is 491 Å². The average molecular weight is 1120 g/mol. The molecule has 0 saturated carbocycles. The number of methoxy groups -OCH3 is 1. The van der Waals surface area contributed by atoms with Gasteiger partial charge in [0.25, 0.3) is 0 Å². The quantitative estimate of drug-likeness (QED) is 0.115. The van der Waals surface area contributed by atoms with Gasteiger partial charge in [-0.25, -0.2) is 51.8 Å². The van der Waals surface area contributed by atoms with E-state index in [0.717, 1.165) is 81.6 Å². The number of aryl methyl sites for hydroxylation is 3. The van der Waals surface area contributed by atoms with E-state index < -0.39 is 11.9 Å². The molecule has 0 saturated heterocycles. The van der Waals surface area contributed by atoms with Crippen molar-refractivity contribution in [1.82, 2.24) is 75.6 Å². The zero-order chi connectivity index (χ0) is 57.2. The number of carboxylic acids is 1. The van der Waals surface area contributed by atoms with Gasteiger partial charge in [-0.05, 0) is 163 Å². The van der Waals surface area contributed by atoms with E-state index in [2.05, 4.69) is 46.6 Å². The van der Waals surface area contributed by atoms with Crippen molar-refractivity contribution in [3.8, 4) is 67.9 Å². The summed E-state index contributed by atoms with van der Waals surface area (Å²) in [6.07, 6.45) is 4.50. The number of carbonyl (C=O) groups excluding carboxylic acids is 1. The fourth-order valence-corrected chi connectivity index (χ4v) is 10.9. The summed E-state index contributed by atoms with van der Waals surface area (Å²) in [5, 5.41) is 56.0. The first kappa shape index (κ1) is 60.8. The molecule has 3 aromatic carbocycles. The van der Waals surface area contributed by atoms with Crippen LogP contribution in [0.4, 0.5) is 13.2 Å². The number of esters is 1. The zero-order valence-corrected chi connectivity index (χ0v) is 47.3. The van der Waals surface area contributed by atoms with Gasteiger partial charge in [0, 0.05) is 50.4 Å². The number of carboxylic acid groups (broad SMARTS) is 1. The van der Waals surface area contributed by atoms with Crippen LogP contribution in [0.2, 0.25) is 0 Å². The van der Waals surface area contributed by atoms with E-state index in [4.69, 9.17) is 19.7 Å². The summed E-state index contributed by atoms with van der Waals surface area (Å²) in [7, 11) is 1.35. The maximum absolute atomic E-state index is 13.6. The molecular formula is C58H59BF3LiN15O5. The Kier molecular flexibility index (Phi) is 18.9. The number of halogens is 3. The molecule has 0 spiro atoms. The predicted octanol–water partition coefficient (Wildman–Crippen LogP) is 6.55. The van der Waals surface area contributed by atoms with Crippen molar-refractivity contribution in [2.24, 2.45) is 0 Å². The molecule has 3 aliphatic heterocycles. The Bertz CT molecular complexity index is 3830. The van der Waals surface area contributed by atoms with Crippen LogP contribution < -0.4 is 18.9 Å². The van der Waals surface area contributed by atoms with Crippen LogP contribution in [0.25, 0.3) is 67.9 Å². The number of carbonyl (C=O) groups is 2. The Balaban J connectivity index is 0.000000178. The molecule has 6 aromatic heterocycles. The Hall–Kier alpha value is -8.33. The third-order valence-electron chi connectivity index (χ3n) is 14.5. The van der Waals surface area contributed by atoms with Crippen molar-refractivity contribution in [1.29, 1.82) is 0 Å². The summed E-state index contributed by atoms with van der Waals surface area (Å²) in [6, 6.07) is 18.4. The second-order valence-electron chi connectivity index (χ2n) is 20.8. The van der Waals surface area contributed by atoms with Crippen LogP contribution in [0, 0.1) is 17.5 Å². The molecule has 12 rings (SSSR count). The second-order valence-corrected chi connectivity index (χ2v) is 20.8.